The van der Waals surface area contributed by atoms with Crippen LogP contribution in [0.5, 0.6) is 0 Å². The zero-order valence-electron chi connectivity index (χ0n) is 14.2. The molecule has 140 valence electrons. The molecule has 2 rings (SSSR count). The van der Waals surface area contributed by atoms with Gasteiger partial charge < -0.3 is 24.4 Å². The van der Waals surface area contributed by atoms with Crippen LogP contribution in [0.3, 0.4) is 0 Å². The van der Waals surface area contributed by atoms with Gasteiger partial charge in [-0.1, -0.05) is 11.6 Å². The molecule has 0 saturated carbocycles. The second-order valence-electron chi connectivity index (χ2n) is 5.18. The fourth-order valence-electron chi connectivity index (χ4n) is 2.38. The lowest BCUT2D eigenvalue weighted by Crippen LogP contribution is -2.39. The summed E-state index contributed by atoms with van der Waals surface area (Å²) in [6.07, 6.45) is 0. The molecule has 1 amide bonds. The molecular weight excluding hydrogens is 371 g/mol. The minimum absolute atomic E-state index is 0.0589. The molecule has 1 heterocycles. The third-order valence-corrected chi connectivity index (χ3v) is 3.76. The fourth-order valence-corrected chi connectivity index (χ4v) is 2.55. The molecular formula is C16H16ClFN2O6. The standard InChI is InChI=1S/C16H16ClFN2O6/c1-8(21)19-12-4-10(17)11(18)5-13(12)20-7-26-6-9(15(22)24-2)14(20)16(23)25-3/h4-5H,6-7H2,1-3H3,(H,19,21). The Kier molecular flexibility index (Phi) is 6.17. The fraction of sp³-hybridized carbons (Fsp3) is 0.312. The zero-order chi connectivity index (χ0) is 19.4. The molecule has 1 N–H and O–H groups in total. The van der Waals surface area contributed by atoms with Crippen molar-refractivity contribution in [2.24, 2.45) is 0 Å². The lowest BCUT2D eigenvalue weighted by atomic mass is 10.1. The number of ether oxygens (including phenoxy) is 3. The Morgan fingerprint density at radius 2 is 1.88 bits per heavy atom. The van der Waals surface area contributed by atoms with E-state index in [2.05, 4.69) is 10.1 Å². The summed E-state index contributed by atoms with van der Waals surface area (Å²) in [5, 5.41) is 2.27. The summed E-state index contributed by atoms with van der Waals surface area (Å²) in [5.74, 6) is -2.88. The van der Waals surface area contributed by atoms with Gasteiger partial charge in [-0.2, -0.15) is 0 Å². The third-order valence-electron chi connectivity index (χ3n) is 3.47. The van der Waals surface area contributed by atoms with Gasteiger partial charge in [0.2, 0.25) is 5.91 Å². The van der Waals surface area contributed by atoms with Crippen LogP contribution < -0.4 is 10.2 Å². The van der Waals surface area contributed by atoms with Crippen molar-refractivity contribution in [1.82, 2.24) is 0 Å². The van der Waals surface area contributed by atoms with Crippen LogP contribution in [0.4, 0.5) is 15.8 Å². The van der Waals surface area contributed by atoms with Crippen molar-refractivity contribution >= 4 is 40.8 Å². The first kappa shape index (κ1) is 19.7. The molecule has 26 heavy (non-hydrogen) atoms. The Bertz CT molecular complexity index is 795. The number of carbonyl (C=O) groups excluding carboxylic acids is 3. The number of amides is 1. The number of methoxy groups -OCH3 is 2. The Morgan fingerprint density at radius 3 is 2.46 bits per heavy atom. The number of esters is 2. The minimum Gasteiger partial charge on any atom is -0.466 e. The van der Waals surface area contributed by atoms with E-state index < -0.39 is 23.7 Å². The van der Waals surface area contributed by atoms with Gasteiger partial charge in [0.1, 0.15) is 18.2 Å². The topological polar surface area (TPSA) is 94.2 Å². The van der Waals surface area contributed by atoms with Gasteiger partial charge in [0.15, 0.2) is 0 Å². The zero-order valence-corrected chi connectivity index (χ0v) is 15.0. The molecule has 0 atom stereocenters. The average molecular weight is 387 g/mol. The summed E-state index contributed by atoms with van der Waals surface area (Å²) in [4.78, 5) is 36.9. The van der Waals surface area contributed by atoms with E-state index in [0.29, 0.717) is 0 Å². The monoisotopic (exact) mass is 386 g/mol. The molecule has 0 radical (unpaired) electrons. The van der Waals surface area contributed by atoms with Crippen LogP contribution in [0.1, 0.15) is 6.92 Å². The van der Waals surface area contributed by atoms with Crippen LogP contribution >= 0.6 is 11.6 Å². The molecule has 0 saturated heterocycles. The van der Waals surface area contributed by atoms with Crippen LogP contribution in [0.25, 0.3) is 0 Å². The number of rotatable bonds is 4. The highest BCUT2D eigenvalue weighted by Gasteiger charge is 2.34. The molecule has 0 fully saturated rings. The number of anilines is 2. The van der Waals surface area contributed by atoms with E-state index in [-0.39, 0.29) is 41.0 Å². The number of halogens is 2. The molecule has 1 aliphatic heterocycles. The molecule has 1 aromatic carbocycles. The van der Waals surface area contributed by atoms with Gasteiger partial charge in [0, 0.05) is 13.0 Å². The largest absolute Gasteiger partial charge is 0.466 e. The molecule has 1 aromatic rings. The van der Waals surface area contributed by atoms with Crippen LogP contribution in [0.2, 0.25) is 5.02 Å². The first-order valence-corrected chi connectivity index (χ1v) is 7.69. The van der Waals surface area contributed by atoms with E-state index in [4.69, 9.17) is 21.1 Å². The van der Waals surface area contributed by atoms with Crippen LogP contribution in [0, 0.1) is 5.82 Å². The van der Waals surface area contributed by atoms with Crippen molar-refractivity contribution in [3.63, 3.8) is 0 Å². The van der Waals surface area contributed by atoms with E-state index in [9.17, 15) is 18.8 Å². The molecule has 0 spiro atoms. The molecule has 0 aromatic heterocycles. The van der Waals surface area contributed by atoms with Gasteiger partial charge in [-0.3, -0.25) is 4.79 Å². The van der Waals surface area contributed by atoms with Crippen molar-refractivity contribution in [2.75, 3.05) is 37.8 Å². The number of hydrogen-bond donors (Lipinski definition) is 1. The molecule has 0 unspecified atom stereocenters. The maximum Gasteiger partial charge on any atom is 0.355 e. The van der Waals surface area contributed by atoms with Gasteiger partial charge in [-0.15, -0.1) is 0 Å². The second-order valence-corrected chi connectivity index (χ2v) is 5.59. The summed E-state index contributed by atoms with van der Waals surface area (Å²) < 4.78 is 28.8. The van der Waals surface area contributed by atoms with E-state index in [1.54, 1.807) is 0 Å². The van der Waals surface area contributed by atoms with Gasteiger partial charge >= 0.3 is 11.9 Å². The molecule has 8 nitrogen and oxygen atoms in total. The summed E-state index contributed by atoms with van der Waals surface area (Å²) in [6.45, 7) is 0.864. The van der Waals surface area contributed by atoms with Crippen molar-refractivity contribution in [1.29, 1.82) is 0 Å². The van der Waals surface area contributed by atoms with E-state index in [0.717, 1.165) is 20.3 Å². The van der Waals surface area contributed by atoms with Gasteiger partial charge in [-0.25, -0.2) is 14.0 Å². The summed E-state index contributed by atoms with van der Waals surface area (Å²) in [6, 6.07) is 2.20. The third kappa shape index (κ3) is 3.94. The van der Waals surface area contributed by atoms with E-state index in [1.165, 1.54) is 17.9 Å². The van der Waals surface area contributed by atoms with Gasteiger partial charge in [0.25, 0.3) is 0 Å². The molecule has 0 bridgehead atoms. The quantitative estimate of drug-likeness (QED) is 0.789. The highest BCUT2D eigenvalue weighted by Crippen LogP contribution is 2.36. The average Bonchev–Trinajstić information content (AvgIpc) is 2.62. The summed E-state index contributed by atoms with van der Waals surface area (Å²) in [5.41, 5.74) is -0.0997. The second kappa shape index (κ2) is 8.15. The minimum atomic E-state index is -0.849. The smallest absolute Gasteiger partial charge is 0.355 e. The lowest BCUT2D eigenvalue weighted by molar-refractivity contribution is -0.140. The number of carbonyl (C=O) groups is 3. The summed E-state index contributed by atoms with van der Waals surface area (Å²) in [7, 11) is 2.28. The van der Waals surface area contributed by atoms with Crippen LogP contribution in [-0.2, 0) is 28.6 Å². The van der Waals surface area contributed by atoms with Crippen molar-refractivity contribution in [2.45, 2.75) is 6.92 Å². The Balaban J connectivity index is 2.68. The Labute approximate surface area is 153 Å². The van der Waals surface area contributed by atoms with Gasteiger partial charge in [-0.05, 0) is 6.07 Å². The molecule has 0 aliphatic carbocycles. The maximum absolute atomic E-state index is 14.0. The molecule has 1 aliphatic rings. The van der Waals surface area contributed by atoms with Crippen molar-refractivity contribution in [3.05, 3.63) is 34.2 Å². The van der Waals surface area contributed by atoms with Crippen molar-refractivity contribution in [3.8, 4) is 0 Å². The van der Waals surface area contributed by atoms with Crippen LogP contribution in [0.15, 0.2) is 23.4 Å². The van der Waals surface area contributed by atoms with Crippen molar-refractivity contribution < 1.29 is 33.0 Å². The van der Waals surface area contributed by atoms with E-state index >= 15 is 0 Å². The predicted molar refractivity (Wildman–Crippen MR) is 90.1 cm³/mol. The highest BCUT2D eigenvalue weighted by atomic mass is 35.5. The number of benzene rings is 1. The first-order chi connectivity index (χ1) is 12.3. The molecule has 10 heteroatoms. The number of hydrogen-bond acceptors (Lipinski definition) is 7. The first-order valence-electron chi connectivity index (χ1n) is 7.31. The highest BCUT2D eigenvalue weighted by molar-refractivity contribution is 6.31. The lowest BCUT2D eigenvalue weighted by Gasteiger charge is -2.32. The number of nitrogens with one attached hydrogen (secondary N) is 1. The Morgan fingerprint density at radius 1 is 1.23 bits per heavy atom. The number of nitrogens with zero attached hydrogens (tertiary/aromatic N) is 1. The van der Waals surface area contributed by atoms with E-state index in [1.807, 2.05) is 0 Å². The predicted octanol–water partition coefficient (Wildman–Crippen LogP) is 1.83. The maximum atomic E-state index is 14.0. The Hall–Kier alpha value is -2.65. The summed E-state index contributed by atoms with van der Waals surface area (Å²) >= 11 is 5.78. The normalized spacial score (nSPS) is 14.1. The van der Waals surface area contributed by atoms with Gasteiger partial charge in [0.05, 0.1) is 42.8 Å². The van der Waals surface area contributed by atoms with Crippen LogP contribution in [-0.4, -0.2) is 45.4 Å². The SMILES string of the molecule is COC(=O)C1=C(C(=O)OC)N(c2cc(F)c(Cl)cc2NC(C)=O)COC1.